The molecule has 0 bridgehead atoms. The van der Waals surface area contributed by atoms with Gasteiger partial charge in [0, 0.05) is 11.4 Å². The van der Waals surface area contributed by atoms with E-state index in [0.29, 0.717) is 13.2 Å². The third-order valence-electron chi connectivity index (χ3n) is 2.74. The van der Waals surface area contributed by atoms with Crippen LogP contribution >= 0.6 is 11.3 Å². The van der Waals surface area contributed by atoms with Gasteiger partial charge in [-0.25, -0.2) is 4.98 Å². The molecule has 1 aromatic rings. The lowest BCUT2D eigenvalue weighted by Crippen LogP contribution is -2.20. The van der Waals surface area contributed by atoms with Gasteiger partial charge < -0.3 is 10.5 Å². The normalized spacial score (nSPS) is 19.2. The number of esters is 1. The highest BCUT2D eigenvalue weighted by molar-refractivity contribution is 7.11. The van der Waals surface area contributed by atoms with Crippen molar-refractivity contribution in [3.05, 3.63) is 15.6 Å². The summed E-state index contributed by atoms with van der Waals surface area (Å²) in [5.74, 6) is -0.308. The molecule has 0 spiro atoms. The maximum atomic E-state index is 11.8. The van der Waals surface area contributed by atoms with Crippen molar-refractivity contribution >= 4 is 17.3 Å². The molecule has 0 saturated heterocycles. The molecule has 0 aliphatic heterocycles. The highest BCUT2D eigenvalue weighted by Gasteiger charge is 2.30. The van der Waals surface area contributed by atoms with Crippen LogP contribution in [0.1, 0.15) is 41.3 Å². The van der Waals surface area contributed by atoms with Crippen molar-refractivity contribution in [2.75, 3.05) is 6.61 Å². The highest BCUT2D eigenvalue weighted by atomic mass is 32.1. The molecule has 16 heavy (non-hydrogen) atoms. The molecular weight excluding hydrogens is 224 g/mol. The Hall–Kier alpha value is -0.940. The van der Waals surface area contributed by atoms with Gasteiger partial charge in [-0.3, -0.25) is 4.79 Å². The Morgan fingerprint density at radius 3 is 3.19 bits per heavy atom. The fourth-order valence-corrected chi connectivity index (χ4v) is 3.08. The van der Waals surface area contributed by atoms with E-state index in [2.05, 4.69) is 4.98 Å². The van der Waals surface area contributed by atoms with E-state index >= 15 is 0 Å². The van der Waals surface area contributed by atoms with E-state index < -0.39 is 0 Å². The first-order chi connectivity index (χ1) is 7.76. The number of carbonyl (C=O) groups excluding carboxylic acids is 1. The number of thiazole rings is 1. The van der Waals surface area contributed by atoms with Gasteiger partial charge in [-0.05, 0) is 26.2 Å². The van der Waals surface area contributed by atoms with Crippen LogP contribution in [0.25, 0.3) is 0 Å². The van der Waals surface area contributed by atoms with Crippen molar-refractivity contribution in [3.63, 3.8) is 0 Å². The molecule has 0 fully saturated rings. The van der Waals surface area contributed by atoms with Crippen LogP contribution < -0.4 is 5.73 Å². The summed E-state index contributed by atoms with van der Waals surface area (Å²) in [5.41, 5.74) is 6.49. The van der Waals surface area contributed by atoms with Crippen LogP contribution in [0.15, 0.2) is 0 Å². The van der Waals surface area contributed by atoms with Crippen molar-refractivity contribution in [3.8, 4) is 0 Å². The summed E-state index contributed by atoms with van der Waals surface area (Å²) >= 11 is 1.63. The lowest BCUT2D eigenvalue weighted by molar-refractivity contribution is -0.145. The summed E-state index contributed by atoms with van der Waals surface area (Å²) in [4.78, 5) is 17.4. The Balaban J connectivity index is 2.25. The molecule has 4 nitrogen and oxygen atoms in total. The Morgan fingerprint density at radius 2 is 2.50 bits per heavy atom. The lowest BCUT2D eigenvalue weighted by Gasteiger charge is -2.19. The molecule has 1 aliphatic carbocycles. The molecule has 1 aromatic heterocycles. The van der Waals surface area contributed by atoms with Crippen LogP contribution in [0.5, 0.6) is 0 Å². The molecule has 1 heterocycles. The minimum absolute atomic E-state index is 0.141. The number of ether oxygens (including phenoxy) is 1. The number of nitrogens with zero attached hydrogens (tertiary/aromatic N) is 1. The van der Waals surface area contributed by atoms with Gasteiger partial charge in [-0.15, -0.1) is 11.3 Å². The average molecular weight is 240 g/mol. The third kappa shape index (κ3) is 2.10. The molecule has 2 rings (SSSR count). The van der Waals surface area contributed by atoms with Gasteiger partial charge in [0.15, 0.2) is 0 Å². The van der Waals surface area contributed by atoms with Gasteiger partial charge in [-0.2, -0.15) is 0 Å². The highest BCUT2D eigenvalue weighted by Crippen LogP contribution is 2.35. The average Bonchev–Trinajstić information content (AvgIpc) is 2.71. The molecule has 0 saturated carbocycles. The van der Waals surface area contributed by atoms with Crippen molar-refractivity contribution < 1.29 is 9.53 Å². The summed E-state index contributed by atoms with van der Waals surface area (Å²) in [5, 5.41) is 0.918. The Morgan fingerprint density at radius 1 is 1.69 bits per heavy atom. The lowest BCUT2D eigenvalue weighted by atomic mass is 9.91. The molecule has 2 N–H and O–H groups in total. The summed E-state index contributed by atoms with van der Waals surface area (Å²) < 4.78 is 5.08. The second-order valence-corrected chi connectivity index (χ2v) is 4.99. The smallest absolute Gasteiger partial charge is 0.315 e. The van der Waals surface area contributed by atoms with Crippen molar-refractivity contribution in [1.82, 2.24) is 4.98 Å². The van der Waals surface area contributed by atoms with Crippen molar-refractivity contribution in [2.45, 2.75) is 38.6 Å². The Bertz CT molecular complexity index is 389. The first-order valence-corrected chi connectivity index (χ1v) is 6.43. The predicted molar refractivity (Wildman–Crippen MR) is 62.3 cm³/mol. The summed E-state index contributed by atoms with van der Waals surface area (Å²) in [6, 6.07) is 0. The topological polar surface area (TPSA) is 65.2 Å². The number of rotatable bonds is 3. The molecule has 1 unspecified atom stereocenters. The van der Waals surface area contributed by atoms with E-state index in [-0.39, 0.29) is 11.9 Å². The van der Waals surface area contributed by atoms with E-state index in [9.17, 15) is 4.79 Å². The van der Waals surface area contributed by atoms with E-state index in [4.69, 9.17) is 10.5 Å². The molecule has 1 atom stereocenters. The number of nitrogens with two attached hydrogens (primary N) is 1. The van der Waals surface area contributed by atoms with Gasteiger partial charge in [0.25, 0.3) is 0 Å². The van der Waals surface area contributed by atoms with Gasteiger partial charge in [0.2, 0.25) is 0 Å². The van der Waals surface area contributed by atoms with Crippen molar-refractivity contribution in [2.24, 2.45) is 5.73 Å². The maximum absolute atomic E-state index is 11.8. The zero-order valence-corrected chi connectivity index (χ0v) is 10.2. The fourth-order valence-electron chi connectivity index (χ4n) is 2.03. The summed E-state index contributed by atoms with van der Waals surface area (Å²) in [6.07, 6.45) is 2.89. The number of hydrogen-bond acceptors (Lipinski definition) is 5. The summed E-state index contributed by atoms with van der Waals surface area (Å²) in [7, 11) is 0. The van der Waals surface area contributed by atoms with E-state index in [1.165, 1.54) is 4.88 Å². The van der Waals surface area contributed by atoms with Crippen molar-refractivity contribution in [1.29, 1.82) is 0 Å². The van der Waals surface area contributed by atoms with Gasteiger partial charge in [-0.1, -0.05) is 0 Å². The second-order valence-electron chi connectivity index (χ2n) is 3.82. The molecule has 0 radical (unpaired) electrons. The summed E-state index contributed by atoms with van der Waals surface area (Å²) in [6.45, 7) is 2.71. The first kappa shape index (κ1) is 11.5. The molecule has 1 aliphatic rings. The number of carbonyl (C=O) groups is 1. The number of aromatic nitrogens is 1. The molecular formula is C11H16N2O2S. The molecule has 0 aromatic carbocycles. The SMILES string of the molecule is CCOC(=O)C1CCCc2sc(CN)nc21. The van der Waals surface area contributed by atoms with E-state index in [0.717, 1.165) is 30.0 Å². The third-order valence-corrected chi connectivity index (χ3v) is 3.90. The quantitative estimate of drug-likeness (QED) is 0.815. The predicted octanol–water partition coefficient (Wildman–Crippen LogP) is 1.58. The van der Waals surface area contributed by atoms with Crippen LogP contribution in [0.3, 0.4) is 0 Å². The molecule has 88 valence electrons. The zero-order chi connectivity index (χ0) is 11.5. The fraction of sp³-hybridized carbons (Fsp3) is 0.636. The monoisotopic (exact) mass is 240 g/mol. The van der Waals surface area contributed by atoms with Crippen LogP contribution in [-0.4, -0.2) is 17.6 Å². The van der Waals surface area contributed by atoms with Crippen LogP contribution in [0, 0.1) is 0 Å². The van der Waals surface area contributed by atoms with Gasteiger partial charge in [0.1, 0.15) is 10.9 Å². The van der Waals surface area contributed by atoms with Crippen LogP contribution in [0.2, 0.25) is 0 Å². The van der Waals surface area contributed by atoms with Gasteiger partial charge in [0.05, 0.1) is 12.3 Å². The maximum Gasteiger partial charge on any atom is 0.315 e. The first-order valence-electron chi connectivity index (χ1n) is 5.61. The second kappa shape index (κ2) is 4.93. The number of aryl methyl sites for hydroxylation is 1. The van der Waals surface area contributed by atoms with Gasteiger partial charge >= 0.3 is 5.97 Å². The van der Waals surface area contributed by atoms with E-state index in [1.54, 1.807) is 11.3 Å². The zero-order valence-electron chi connectivity index (χ0n) is 9.36. The number of hydrogen-bond donors (Lipinski definition) is 1. The minimum Gasteiger partial charge on any atom is -0.465 e. The standard InChI is InChI=1S/C11H16N2O2S/c1-2-15-11(14)7-4-3-5-8-10(7)13-9(6-12)16-8/h7H,2-6,12H2,1H3. The Kier molecular flexibility index (Phi) is 3.56. The van der Waals surface area contributed by atoms with E-state index in [1.807, 2.05) is 6.92 Å². The number of fused-ring (bicyclic) bond motifs is 1. The van der Waals surface area contributed by atoms with Crippen LogP contribution in [-0.2, 0) is 22.5 Å². The Labute approximate surface area is 98.8 Å². The minimum atomic E-state index is -0.166. The van der Waals surface area contributed by atoms with Crippen LogP contribution in [0.4, 0.5) is 0 Å². The molecule has 5 heteroatoms. The molecule has 0 amide bonds. The largest absolute Gasteiger partial charge is 0.465 e.